The summed E-state index contributed by atoms with van der Waals surface area (Å²) < 4.78 is 13.6. The maximum atomic E-state index is 13.6. The summed E-state index contributed by atoms with van der Waals surface area (Å²) >= 11 is 0. The molecule has 1 fully saturated rings. The van der Waals surface area contributed by atoms with E-state index in [1.807, 2.05) is 6.07 Å². The molecule has 2 nitrogen and oxygen atoms in total. The van der Waals surface area contributed by atoms with Crippen LogP contribution in [0.1, 0.15) is 50.0 Å². The van der Waals surface area contributed by atoms with E-state index in [4.69, 9.17) is 5.26 Å². The maximum absolute atomic E-state index is 13.6. The first-order valence-electron chi connectivity index (χ1n) is 6.89. The lowest BCUT2D eigenvalue weighted by atomic mass is 9.90. The van der Waals surface area contributed by atoms with E-state index >= 15 is 0 Å². The Morgan fingerprint density at radius 1 is 1.37 bits per heavy atom. The van der Waals surface area contributed by atoms with Crippen LogP contribution in [-0.2, 0) is 4.79 Å². The zero-order valence-electron chi connectivity index (χ0n) is 10.9. The van der Waals surface area contributed by atoms with Crippen molar-refractivity contribution in [3.8, 4) is 6.07 Å². The summed E-state index contributed by atoms with van der Waals surface area (Å²) in [6, 6.07) is 7.99. The quantitative estimate of drug-likeness (QED) is 0.802. The van der Waals surface area contributed by atoms with Crippen LogP contribution < -0.4 is 0 Å². The van der Waals surface area contributed by atoms with Crippen molar-refractivity contribution in [3.63, 3.8) is 0 Å². The Kier molecular flexibility index (Phi) is 4.68. The minimum absolute atomic E-state index is 0.153. The van der Waals surface area contributed by atoms with E-state index < -0.39 is 11.7 Å². The van der Waals surface area contributed by atoms with Gasteiger partial charge < -0.3 is 0 Å². The highest BCUT2D eigenvalue weighted by molar-refractivity contribution is 5.88. The van der Waals surface area contributed by atoms with Crippen molar-refractivity contribution < 1.29 is 9.18 Å². The number of Topliss-reactive ketones (excluding diaryl/α,β-unsaturated/α-hetero) is 1. The van der Waals surface area contributed by atoms with Crippen LogP contribution in [0.25, 0.3) is 0 Å². The Morgan fingerprint density at radius 2 is 2.05 bits per heavy atom. The Bertz CT molecular complexity index is 486. The molecule has 0 N–H and O–H groups in total. The molecule has 3 heteroatoms. The van der Waals surface area contributed by atoms with E-state index in [1.165, 1.54) is 37.8 Å². The molecule has 2 rings (SSSR count). The first kappa shape index (κ1) is 13.7. The monoisotopic (exact) mass is 259 g/mol. The standard InChI is InChI=1S/C16H18FNO/c17-15-8-4-3-7-13(15)14(11-18)16(19)10-9-12-5-1-2-6-12/h3-4,7-8,12,14H,1-2,5-6,9-10H2. The second-order valence-electron chi connectivity index (χ2n) is 5.24. The van der Waals surface area contributed by atoms with Crippen LogP contribution in [-0.4, -0.2) is 5.78 Å². The third kappa shape index (κ3) is 3.41. The molecule has 0 aliphatic heterocycles. The Labute approximate surface area is 113 Å². The fourth-order valence-corrected chi connectivity index (χ4v) is 2.81. The largest absolute Gasteiger partial charge is 0.298 e. The smallest absolute Gasteiger partial charge is 0.154 e. The van der Waals surface area contributed by atoms with Crippen molar-refractivity contribution in [1.29, 1.82) is 5.26 Å². The molecule has 0 saturated heterocycles. The van der Waals surface area contributed by atoms with E-state index in [-0.39, 0.29) is 11.3 Å². The van der Waals surface area contributed by atoms with Crippen LogP contribution in [0.15, 0.2) is 24.3 Å². The van der Waals surface area contributed by atoms with Gasteiger partial charge in [-0.1, -0.05) is 43.9 Å². The molecular formula is C16H18FNO. The molecule has 1 aliphatic carbocycles. The third-order valence-corrected chi connectivity index (χ3v) is 3.94. The maximum Gasteiger partial charge on any atom is 0.154 e. The molecule has 0 aromatic heterocycles. The first-order chi connectivity index (χ1) is 9.22. The van der Waals surface area contributed by atoms with E-state index in [0.29, 0.717) is 12.3 Å². The fraction of sp³-hybridized carbons (Fsp3) is 0.500. The van der Waals surface area contributed by atoms with Gasteiger partial charge in [-0.2, -0.15) is 5.26 Å². The molecule has 19 heavy (non-hydrogen) atoms. The molecule has 1 unspecified atom stereocenters. The molecule has 0 bridgehead atoms. The first-order valence-corrected chi connectivity index (χ1v) is 6.89. The Morgan fingerprint density at radius 3 is 2.68 bits per heavy atom. The van der Waals surface area contributed by atoms with Gasteiger partial charge in [-0.3, -0.25) is 4.79 Å². The van der Waals surface area contributed by atoms with Gasteiger partial charge in [-0.05, 0) is 18.4 Å². The number of nitriles is 1. The number of halogens is 1. The molecule has 1 atom stereocenters. The van der Waals surface area contributed by atoms with Gasteiger partial charge in [-0.25, -0.2) is 4.39 Å². The molecule has 0 radical (unpaired) electrons. The van der Waals surface area contributed by atoms with Crippen molar-refractivity contribution in [2.75, 3.05) is 0 Å². The summed E-state index contributed by atoms with van der Waals surface area (Å²) in [7, 11) is 0. The van der Waals surface area contributed by atoms with Gasteiger partial charge in [0.1, 0.15) is 11.7 Å². The van der Waals surface area contributed by atoms with Gasteiger partial charge in [0.05, 0.1) is 6.07 Å². The van der Waals surface area contributed by atoms with Crippen LogP contribution >= 0.6 is 0 Å². The lowest BCUT2D eigenvalue weighted by Crippen LogP contribution is -2.13. The zero-order valence-corrected chi connectivity index (χ0v) is 10.9. The normalized spacial score (nSPS) is 17.1. The van der Waals surface area contributed by atoms with E-state index in [1.54, 1.807) is 12.1 Å². The van der Waals surface area contributed by atoms with E-state index in [9.17, 15) is 9.18 Å². The van der Waals surface area contributed by atoms with Gasteiger partial charge in [0, 0.05) is 12.0 Å². The SMILES string of the molecule is N#CC(C(=O)CCC1CCCC1)c1ccccc1F. The average Bonchev–Trinajstić information content (AvgIpc) is 2.92. The van der Waals surface area contributed by atoms with Gasteiger partial charge >= 0.3 is 0 Å². The van der Waals surface area contributed by atoms with Crippen LogP contribution in [0, 0.1) is 23.1 Å². The van der Waals surface area contributed by atoms with Crippen molar-refractivity contribution in [2.24, 2.45) is 5.92 Å². The second-order valence-corrected chi connectivity index (χ2v) is 5.24. The lowest BCUT2D eigenvalue weighted by molar-refractivity contribution is -0.119. The molecule has 0 heterocycles. The van der Waals surface area contributed by atoms with Crippen molar-refractivity contribution in [2.45, 2.75) is 44.4 Å². The molecular weight excluding hydrogens is 241 g/mol. The van der Waals surface area contributed by atoms with Gasteiger partial charge in [-0.15, -0.1) is 0 Å². The van der Waals surface area contributed by atoms with Gasteiger partial charge in [0.25, 0.3) is 0 Å². The molecule has 0 spiro atoms. The van der Waals surface area contributed by atoms with Gasteiger partial charge in [0.2, 0.25) is 0 Å². The average molecular weight is 259 g/mol. The number of carbonyl (C=O) groups excluding carboxylic acids is 1. The zero-order chi connectivity index (χ0) is 13.7. The predicted octanol–water partition coefficient (Wildman–Crippen LogP) is 3.97. The molecule has 1 aromatic carbocycles. The number of nitrogens with zero attached hydrogens (tertiary/aromatic N) is 1. The van der Waals surface area contributed by atoms with Crippen LogP contribution in [0.4, 0.5) is 4.39 Å². The lowest BCUT2D eigenvalue weighted by Gasteiger charge is -2.12. The summed E-state index contributed by atoms with van der Waals surface area (Å²) in [6.45, 7) is 0. The number of rotatable bonds is 5. The summed E-state index contributed by atoms with van der Waals surface area (Å²) in [4.78, 5) is 12.1. The minimum atomic E-state index is -0.956. The minimum Gasteiger partial charge on any atom is -0.298 e. The number of carbonyl (C=O) groups is 1. The summed E-state index contributed by atoms with van der Waals surface area (Å²) in [6.07, 6.45) is 6.08. The molecule has 1 aromatic rings. The number of hydrogen-bond donors (Lipinski definition) is 0. The molecule has 0 amide bonds. The topological polar surface area (TPSA) is 40.9 Å². The summed E-state index contributed by atoms with van der Waals surface area (Å²) in [5.74, 6) is -0.964. The summed E-state index contributed by atoms with van der Waals surface area (Å²) in [5, 5.41) is 9.13. The van der Waals surface area contributed by atoms with E-state index in [0.717, 1.165) is 6.42 Å². The van der Waals surface area contributed by atoms with Crippen molar-refractivity contribution >= 4 is 5.78 Å². The van der Waals surface area contributed by atoms with Crippen molar-refractivity contribution in [3.05, 3.63) is 35.6 Å². The number of hydrogen-bond acceptors (Lipinski definition) is 2. The molecule has 1 aliphatic rings. The number of benzene rings is 1. The molecule has 100 valence electrons. The second kappa shape index (κ2) is 6.47. The van der Waals surface area contributed by atoms with Crippen molar-refractivity contribution in [1.82, 2.24) is 0 Å². The number of ketones is 1. The van der Waals surface area contributed by atoms with Crippen LogP contribution in [0.5, 0.6) is 0 Å². The summed E-state index contributed by atoms with van der Waals surface area (Å²) in [5.41, 5.74) is 0.210. The highest BCUT2D eigenvalue weighted by atomic mass is 19.1. The predicted molar refractivity (Wildman–Crippen MR) is 71.0 cm³/mol. The van der Waals surface area contributed by atoms with Gasteiger partial charge in [0.15, 0.2) is 5.78 Å². The van der Waals surface area contributed by atoms with E-state index in [2.05, 4.69) is 0 Å². The van der Waals surface area contributed by atoms with Crippen LogP contribution in [0.3, 0.4) is 0 Å². The Balaban J connectivity index is 1.99. The van der Waals surface area contributed by atoms with Crippen LogP contribution in [0.2, 0.25) is 0 Å². The highest BCUT2D eigenvalue weighted by Crippen LogP contribution is 2.30. The molecule has 1 saturated carbocycles. The third-order valence-electron chi connectivity index (χ3n) is 3.94. The highest BCUT2D eigenvalue weighted by Gasteiger charge is 2.24. The fourth-order valence-electron chi connectivity index (χ4n) is 2.81. The Hall–Kier alpha value is -1.69.